The summed E-state index contributed by atoms with van der Waals surface area (Å²) >= 11 is 5.74. The van der Waals surface area contributed by atoms with Crippen LogP contribution < -0.4 is 0 Å². The molecule has 1 aliphatic carbocycles. The first-order chi connectivity index (χ1) is 10.7. The zero-order chi connectivity index (χ0) is 15.3. The van der Waals surface area contributed by atoms with Gasteiger partial charge in [0.15, 0.2) is 0 Å². The van der Waals surface area contributed by atoms with E-state index < -0.39 is 5.82 Å². The maximum Gasteiger partial charge on any atom is 0.143 e. The number of pyridine rings is 1. The van der Waals surface area contributed by atoms with Gasteiger partial charge in [-0.15, -0.1) is 0 Å². The first-order valence-electron chi connectivity index (χ1n) is 6.92. The zero-order valence-corrected chi connectivity index (χ0v) is 12.2. The number of fused-ring (bicyclic) bond motifs is 1. The van der Waals surface area contributed by atoms with Crippen molar-refractivity contribution in [2.24, 2.45) is 0 Å². The molecule has 1 aliphatic rings. The number of hydrogen-bond donors (Lipinski definition) is 0. The van der Waals surface area contributed by atoms with Crippen molar-refractivity contribution in [2.45, 2.75) is 18.8 Å². The summed E-state index contributed by atoms with van der Waals surface area (Å²) in [6.45, 7) is 0. The van der Waals surface area contributed by atoms with Crippen molar-refractivity contribution in [3.05, 3.63) is 52.6 Å². The predicted molar refractivity (Wildman–Crippen MR) is 80.5 cm³/mol. The molecule has 6 heteroatoms. The third kappa shape index (κ3) is 2.04. The van der Waals surface area contributed by atoms with Gasteiger partial charge in [0.2, 0.25) is 0 Å². The Kier molecular flexibility index (Phi) is 2.88. The van der Waals surface area contributed by atoms with E-state index >= 15 is 0 Å². The van der Waals surface area contributed by atoms with Gasteiger partial charge in [0.25, 0.3) is 0 Å². The summed E-state index contributed by atoms with van der Waals surface area (Å²) in [6, 6.07) is 10.1. The van der Waals surface area contributed by atoms with Gasteiger partial charge in [-0.25, -0.2) is 14.1 Å². The van der Waals surface area contributed by atoms with Crippen molar-refractivity contribution < 1.29 is 4.39 Å². The average molecular weight is 313 g/mol. The van der Waals surface area contributed by atoms with Crippen LogP contribution in [0.2, 0.25) is 5.02 Å². The van der Waals surface area contributed by atoms with Crippen LogP contribution in [-0.4, -0.2) is 14.8 Å². The van der Waals surface area contributed by atoms with Crippen molar-refractivity contribution in [2.75, 3.05) is 0 Å². The molecule has 0 spiro atoms. The second-order valence-electron chi connectivity index (χ2n) is 5.35. The first kappa shape index (κ1) is 13.2. The summed E-state index contributed by atoms with van der Waals surface area (Å²) in [5, 5.41) is 13.7. The Hall–Kier alpha value is -2.45. The quantitative estimate of drug-likeness (QED) is 0.719. The van der Waals surface area contributed by atoms with Crippen LogP contribution in [0.3, 0.4) is 0 Å². The molecular weight excluding hydrogens is 303 g/mol. The largest absolute Gasteiger partial charge is 0.233 e. The molecule has 0 amide bonds. The molecule has 1 aromatic carbocycles. The Labute approximate surface area is 130 Å². The van der Waals surface area contributed by atoms with Gasteiger partial charge in [0, 0.05) is 12.0 Å². The van der Waals surface area contributed by atoms with E-state index in [9.17, 15) is 4.39 Å². The van der Waals surface area contributed by atoms with E-state index in [0.717, 1.165) is 29.6 Å². The second-order valence-corrected chi connectivity index (χ2v) is 5.75. The lowest BCUT2D eigenvalue weighted by Crippen LogP contribution is -1.98. The third-order valence-corrected chi connectivity index (χ3v) is 4.09. The van der Waals surface area contributed by atoms with E-state index in [-0.39, 0.29) is 5.02 Å². The highest BCUT2D eigenvalue weighted by atomic mass is 35.5. The van der Waals surface area contributed by atoms with E-state index in [0.29, 0.717) is 17.3 Å². The molecule has 0 unspecified atom stereocenters. The summed E-state index contributed by atoms with van der Waals surface area (Å²) in [7, 11) is 0. The van der Waals surface area contributed by atoms with Gasteiger partial charge < -0.3 is 0 Å². The van der Waals surface area contributed by atoms with Gasteiger partial charge in [0.1, 0.15) is 23.1 Å². The average Bonchev–Trinajstić information content (AvgIpc) is 3.30. The molecule has 0 atom stereocenters. The smallest absolute Gasteiger partial charge is 0.143 e. The van der Waals surface area contributed by atoms with Gasteiger partial charge in [-0.05, 0) is 37.1 Å². The number of aromatic nitrogens is 3. The fourth-order valence-corrected chi connectivity index (χ4v) is 2.65. The second kappa shape index (κ2) is 4.79. The molecule has 4 nitrogen and oxygen atoms in total. The standard InChI is InChI=1S/C16H10ClFN4/c17-12-5-4-11(7-13(12)18)22-14-6-3-10(8-19)20-16(14)15(21-22)9-1-2-9/h3-7,9H,1-2H2. The number of nitrogens with zero attached hydrogens (tertiary/aromatic N) is 4. The maximum atomic E-state index is 13.7. The molecule has 2 heterocycles. The molecule has 2 aromatic heterocycles. The molecule has 4 rings (SSSR count). The van der Waals surface area contributed by atoms with Crippen LogP contribution in [0.5, 0.6) is 0 Å². The Balaban J connectivity index is 1.97. The van der Waals surface area contributed by atoms with E-state index in [2.05, 4.69) is 10.1 Å². The van der Waals surface area contributed by atoms with Gasteiger partial charge in [0.05, 0.1) is 21.9 Å². The van der Waals surface area contributed by atoms with E-state index in [1.54, 1.807) is 22.9 Å². The van der Waals surface area contributed by atoms with E-state index in [1.807, 2.05) is 6.07 Å². The van der Waals surface area contributed by atoms with Crippen LogP contribution in [0, 0.1) is 17.1 Å². The number of rotatable bonds is 2. The number of benzene rings is 1. The van der Waals surface area contributed by atoms with Gasteiger partial charge in [-0.3, -0.25) is 0 Å². The normalized spacial score (nSPS) is 14.2. The molecular formula is C16H10ClFN4. The fourth-order valence-electron chi connectivity index (χ4n) is 2.53. The Bertz CT molecular complexity index is 937. The lowest BCUT2D eigenvalue weighted by Gasteiger charge is -2.04. The topological polar surface area (TPSA) is 54.5 Å². The molecule has 22 heavy (non-hydrogen) atoms. The van der Waals surface area contributed by atoms with Crippen LogP contribution in [0.15, 0.2) is 30.3 Å². The highest BCUT2D eigenvalue weighted by molar-refractivity contribution is 6.30. The highest BCUT2D eigenvalue weighted by Gasteiger charge is 2.30. The Morgan fingerprint density at radius 3 is 2.77 bits per heavy atom. The van der Waals surface area contributed by atoms with Gasteiger partial charge in [-0.1, -0.05) is 11.6 Å². The van der Waals surface area contributed by atoms with E-state index in [4.69, 9.17) is 16.9 Å². The Morgan fingerprint density at radius 2 is 2.09 bits per heavy atom. The predicted octanol–water partition coefficient (Wildman–Crippen LogP) is 3.96. The van der Waals surface area contributed by atoms with E-state index in [1.165, 1.54) is 12.1 Å². The van der Waals surface area contributed by atoms with Crippen molar-refractivity contribution in [3.8, 4) is 11.8 Å². The summed E-state index contributed by atoms with van der Waals surface area (Å²) in [4.78, 5) is 4.38. The molecule has 0 N–H and O–H groups in total. The molecule has 0 bridgehead atoms. The molecule has 1 saturated carbocycles. The minimum atomic E-state index is -0.489. The molecule has 108 valence electrons. The number of nitriles is 1. The monoisotopic (exact) mass is 312 g/mol. The van der Waals surface area contributed by atoms with Crippen LogP contribution in [-0.2, 0) is 0 Å². The fraction of sp³-hybridized carbons (Fsp3) is 0.188. The summed E-state index contributed by atoms with van der Waals surface area (Å²) in [5.41, 5.74) is 3.31. The van der Waals surface area contributed by atoms with Crippen LogP contribution >= 0.6 is 11.6 Å². The minimum absolute atomic E-state index is 0.0764. The van der Waals surface area contributed by atoms with Crippen LogP contribution in [0.1, 0.15) is 30.1 Å². The molecule has 0 radical (unpaired) electrons. The van der Waals surface area contributed by atoms with Crippen LogP contribution in [0.25, 0.3) is 16.7 Å². The van der Waals surface area contributed by atoms with Gasteiger partial charge in [-0.2, -0.15) is 10.4 Å². The molecule has 0 saturated heterocycles. The third-order valence-electron chi connectivity index (χ3n) is 3.78. The minimum Gasteiger partial charge on any atom is -0.233 e. The summed E-state index contributed by atoms with van der Waals surface area (Å²) in [6.07, 6.45) is 2.14. The first-order valence-corrected chi connectivity index (χ1v) is 7.30. The van der Waals surface area contributed by atoms with Crippen molar-refractivity contribution >= 4 is 22.6 Å². The summed E-state index contributed by atoms with van der Waals surface area (Å²) in [5.74, 6) is -0.111. The maximum absolute atomic E-state index is 13.7. The van der Waals surface area contributed by atoms with Crippen molar-refractivity contribution in [1.29, 1.82) is 5.26 Å². The number of halogens is 2. The molecule has 0 aliphatic heterocycles. The lowest BCUT2D eigenvalue weighted by atomic mass is 10.2. The summed E-state index contributed by atoms with van der Waals surface area (Å²) < 4.78 is 15.4. The van der Waals surface area contributed by atoms with Crippen molar-refractivity contribution in [3.63, 3.8) is 0 Å². The SMILES string of the molecule is N#Cc1ccc2c(n1)c(C1CC1)nn2-c1ccc(Cl)c(F)c1. The Morgan fingerprint density at radius 1 is 1.27 bits per heavy atom. The number of hydrogen-bond acceptors (Lipinski definition) is 3. The van der Waals surface area contributed by atoms with Gasteiger partial charge >= 0.3 is 0 Å². The highest BCUT2D eigenvalue weighted by Crippen LogP contribution is 2.42. The molecule has 3 aromatic rings. The van der Waals surface area contributed by atoms with Crippen LogP contribution in [0.4, 0.5) is 4.39 Å². The van der Waals surface area contributed by atoms with Crippen molar-refractivity contribution in [1.82, 2.24) is 14.8 Å². The lowest BCUT2D eigenvalue weighted by molar-refractivity contribution is 0.626. The molecule has 1 fully saturated rings. The zero-order valence-electron chi connectivity index (χ0n) is 11.4.